The van der Waals surface area contributed by atoms with Crippen LogP contribution in [0.1, 0.15) is 43.9 Å². The molecule has 0 saturated carbocycles. The van der Waals surface area contributed by atoms with Gasteiger partial charge in [0.05, 0.1) is 6.04 Å². The Bertz CT molecular complexity index is 563. The maximum absolute atomic E-state index is 4.73. The molecule has 0 fully saturated rings. The van der Waals surface area contributed by atoms with Crippen LogP contribution in [0.2, 0.25) is 0 Å². The standard InChI is InChI=1S/C18H25N3S/c1-4-19-18(20-12-14(2)17-10-11-22-13-17)21-15(3)16-8-6-5-7-9-16/h5-11,13-15H,4,12H2,1-3H3,(H2,19,20,21). The highest BCUT2D eigenvalue weighted by atomic mass is 32.1. The van der Waals surface area contributed by atoms with E-state index in [1.807, 2.05) is 6.07 Å². The fourth-order valence-electron chi connectivity index (χ4n) is 2.24. The van der Waals surface area contributed by atoms with Crippen molar-refractivity contribution >= 4 is 17.3 Å². The molecule has 1 heterocycles. The molecule has 2 atom stereocenters. The first-order valence-corrected chi connectivity index (χ1v) is 8.77. The van der Waals surface area contributed by atoms with Gasteiger partial charge in [-0.2, -0.15) is 11.3 Å². The summed E-state index contributed by atoms with van der Waals surface area (Å²) in [5, 5.41) is 11.1. The van der Waals surface area contributed by atoms with Gasteiger partial charge in [-0.15, -0.1) is 0 Å². The zero-order chi connectivity index (χ0) is 15.8. The largest absolute Gasteiger partial charge is 0.357 e. The Morgan fingerprint density at radius 3 is 2.55 bits per heavy atom. The van der Waals surface area contributed by atoms with Gasteiger partial charge in [0.15, 0.2) is 5.96 Å². The van der Waals surface area contributed by atoms with E-state index in [9.17, 15) is 0 Å². The van der Waals surface area contributed by atoms with Crippen molar-refractivity contribution in [2.24, 2.45) is 4.99 Å². The highest BCUT2D eigenvalue weighted by Gasteiger charge is 2.09. The molecule has 0 saturated heterocycles. The Labute approximate surface area is 137 Å². The van der Waals surface area contributed by atoms with E-state index in [1.165, 1.54) is 11.1 Å². The first-order valence-electron chi connectivity index (χ1n) is 7.82. The van der Waals surface area contributed by atoms with Crippen molar-refractivity contribution in [2.75, 3.05) is 13.1 Å². The molecule has 2 aromatic rings. The Morgan fingerprint density at radius 2 is 1.91 bits per heavy atom. The SMILES string of the molecule is CCNC(=NCC(C)c1ccsc1)NC(C)c1ccccc1. The molecule has 4 heteroatoms. The lowest BCUT2D eigenvalue weighted by Gasteiger charge is -2.18. The third kappa shape index (κ3) is 4.88. The number of hydrogen-bond donors (Lipinski definition) is 2. The smallest absolute Gasteiger partial charge is 0.191 e. The molecule has 3 nitrogen and oxygen atoms in total. The van der Waals surface area contributed by atoms with Crippen molar-refractivity contribution < 1.29 is 0 Å². The molecule has 118 valence electrons. The van der Waals surface area contributed by atoms with Crippen molar-refractivity contribution in [3.63, 3.8) is 0 Å². The van der Waals surface area contributed by atoms with Gasteiger partial charge in [0.2, 0.25) is 0 Å². The molecule has 0 spiro atoms. The van der Waals surface area contributed by atoms with E-state index >= 15 is 0 Å². The maximum Gasteiger partial charge on any atom is 0.191 e. The molecular weight excluding hydrogens is 290 g/mol. The molecule has 1 aromatic heterocycles. The third-order valence-electron chi connectivity index (χ3n) is 3.63. The molecule has 0 radical (unpaired) electrons. The van der Waals surface area contributed by atoms with Gasteiger partial charge in [-0.3, -0.25) is 4.99 Å². The molecular formula is C18H25N3S. The van der Waals surface area contributed by atoms with Crippen molar-refractivity contribution in [1.82, 2.24) is 10.6 Å². The Morgan fingerprint density at radius 1 is 1.14 bits per heavy atom. The molecule has 2 unspecified atom stereocenters. The lowest BCUT2D eigenvalue weighted by molar-refractivity contribution is 0.678. The summed E-state index contributed by atoms with van der Waals surface area (Å²) in [6, 6.07) is 12.8. The summed E-state index contributed by atoms with van der Waals surface area (Å²) in [7, 11) is 0. The number of nitrogens with one attached hydrogen (secondary N) is 2. The van der Waals surface area contributed by atoms with Crippen LogP contribution >= 0.6 is 11.3 Å². The fraction of sp³-hybridized carbons (Fsp3) is 0.389. The average Bonchev–Trinajstić information content (AvgIpc) is 3.08. The summed E-state index contributed by atoms with van der Waals surface area (Å²) in [4.78, 5) is 4.73. The van der Waals surface area contributed by atoms with Crippen LogP contribution in [0.4, 0.5) is 0 Å². The fourth-order valence-corrected chi connectivity index (χ4v) is 3.02. The topological polar surface area (TPSA) is 36.4 Å². The second-order valence-corrected chi connectivity index (χ2v) is 6.23. The van der Waals surface area contributed by atoms with Crippen LogP contribution in [0.25, 0.3) is 0 Å². The molecule has 0 bridgehead atoms. The van der Waals surface area contributed by atoms with Gasteiger partial charge in [0.25, 0.3) is 0 Å². The van der Waals surface area contributed by atoms with Crippen LogP contribution in [-0.4, -0.2) is 19.0 Å². The summed E-state index contributed by atoms with van der Waals surface area (Å²) in [5.41, 5.74) is 2.62. The minimum Gasteiger partial charge on any atom is -0.357 e. The van der Waals surface area contributed by atoms with Gasteiger partial charge in [-0.25, -0.2) is 0 Å². The van der Waals surface area contributed by atoms with Crippen molar-refractivity contribution in [3.8, 4) is 0 Å². The molecule has 0 aliphatic carbocycles. The zero-order valence-electron chi connectivity index (χ0n) is 13.5. The van der Waals surface area contributed by atoms with Crippen LogP contribution < -0.4 is 10.6 Å². The van der Waals surface area contributed by atoms with Gasteiger partial charge < -0.3 is 10.6 Å². The summed E-state index contributed by atoms with van der Waals surface area (Å²) in [6.45, 7) is 8.11. The quantitative estimate of drug-likeness (QED) is 0.620. The van der Waals surface area contributed by atoms with E-state index in [2.05, 4.69) is 72.5 Å². The molecule has 1 aromatic carbocycles. The predicted octanol–water partition coefficient (Wildman–Crippen LogP) is 4.17. The predicted molar refractivity (Wildman–Crippen MR) is 96.7 cm³/mol. The number of rotatable bonds is 6. The highest BCUT2D eigenvalue weighted by Crippen LogP contribution is 2.18. The van der Waals surface area contributed by atoms with Gasteiger partial charge in [-0.1, -0.05) is 37.3 Å². The monoisotopic (exact) mass is 315 g/mol. The van der Waals surface area contributed by atoms with E-state index < -0.39 is 0 Å². The van der Waals surface area contributed by atoms with Gasteiger partial charge in [0.1, 0.15) is 0 Å². The van der Waals surface area contributed by atoms with Crippen LogP contribution in [-0.2, 0) is 0 Å². The van der Waals surface area contributed by atoms with Crippen LogP contribution in [0.15, 0.2) is 52.2 Å². The van der Waals surface area contributed by atoms with Crippen molar-refractivity contribution in [1.29, 1.82) is 0 Å². The van der Waals surface area contributed by atoms with Crippen LogP contribution in [0.3, 0.4) is 0 Å². The third-order valence-corrected chi connectivity index (χ3v) is 4.33. The van der Waals surface area contributed by atoms with Gasteiger partial charge in [-0.05, 0) is 41.8 Å². The summed E-state index contributed by atoms with van der Waals surface area (Å²) >= 11 is 1.74. The van der Waals surface area contributed by atoms with E-state index in [1.54, 1.807) is 11.3 Å². The molecule has 0 aliphatic heterocycles. The minimum atomic E-state index is 0.232. The number of thiophene rings is 1. The second-order valence-electron chi connectivity index (χ2n) is 5.45. The Hall–Kier alpha value is -1.81. The number of guanidine groups is 1. The lowest BCUT2D eigenvalue weighted by atomic mass is 10.1. The molecule has 2 rings (SSSR count). The van der Waals surface area contributed by atoms with Gasteiger partial charge >= 0.3 is 0 Å². The Balaban J connectivity index is 1.98. The lowest BCUT2D eigenvalue weighted by Crippen LogP contribution is -2.39. The first kappa shape index (κ1) is 16.6. The van der Waals surface area contributed by atoms with E-state index in [0.717, 1.165) is 19.0 Å². The average molecular weight is 315 g/mol. The number of benzene rings is 1. The minimum absolute atomic E-state index is 0.232. The van der Waals surface area contributed by atoms with E-state index in [-0.39, 0.29) is 6.04 Å². The van der Waals surface area contributed by atoms with Gasteiger partial charge in [0, 0.05) is 19.0 Å². The van der Waals surface area contributed by atoms with Crippen LogP contribution in [0.5, 0.6) is 0 Å². The van der Waals surface area contributed by atoms with Crippen molar-refractivity contribution in [3.05, 3.63) is 58.3 Å². The van der Waals surface area contributed by atoms with E-state index in [0.29, 0.717) is 5.92 Å². The van der Waals surface area contributed by atoms with Crippen LogP contribution in [0, 0.1) is 0 Å². The molecule has 2 N–H and O–H groups in total. The normalized spacial score (nSPS) is 14.4. The summed E-state index contributed by atoms with van der Waals surface area (Å²) < 4.78 is 0. The molecule has 0 aliphatic rings. The van der Waals surface area contributed by atoms with E-state index in [4.69, 9.17) is 4.99 Å². The highest BCUT2D eigenvalue weighted by molar-refractivity contribution is 7.07. The Kier molecular flexibility index (Phi) is 6.46. The summed E-state index contributed by atoms with van der Waals surface area (Å²) in [6.07, 6.45) is 0. The molecule has 0 amide bonds. The summed E-state index contributed by atoms with van der Waals surface area (Å²) in [5.74, 6) is 1.31. The number of hydrogen-bond acceptors (Lipinski definition) is 2. The number of aliphatic imine (C=N–C) groups is 1. The molecule has 22 heavy (non-hydrogen) atoms. The maximum atomic E-state index is 4.73. The number of nitrogens with zero attached hydrogens (tertiary/aromatic N) is 1. The second kappa shape index (κ2) is 8.59. The zero-order valence-corrected chi connectivity index (χ0v) is 14.4. The first-order chi connectivity index (χ1) is 10.7. The van der Waals surface area contributed by atoms with Crippen molar-refractivity contribution in [2.45, 2.75) is 32.7 Å².